The van der Waals surface area contributed by atoms with Gasteiger partial charge in [-0.3, -0.25) is 0 Å². The van der Waals surface area contributed by atoms with Crippen molar-refractivity contribution in [2.45, 2.75) is 72.6 Å². The standard InChI is InChI=1S/C17H28O2/c1-13(7-5-9-16(18)19)10-11-15-14(2)8-6-12-17(15,3)4/h7H,5-6,8-12H2,1-4H3,(H,18,19)/p-1/b13-7+. The van der Waals surface area contributed by atoms with E-state index in [9.17, 15) is 9.90 Å². The molecule has 0 aliphatic heterocycles. The van der Waals surface area contributed by atoms with Gasteiger partial charge in [-0.15, -0.1) is 0 Å². The second-order valence-electron chi connectivity index (χ2n) is 6.46. The van der Waals surface area contributed by atoms with E-state index in [1.165, 1.54) is 24.8 Å². The molecular weight excluding hydrogens is 236 g/mol. The lowest BCUT2D eigenvalue weighted by molar-refractivity contribution is -0.305. The van der Waals surface area contributed by atoms with Crippen molar-refractivity contribution < 1.29 is 9.90 Å². The molecule has 0 bridgehead atoms. The molecule has 19 heavy (non-hydrogen) atoms. The fraction of sp³-hybridized carbons (Fsp3) is 0.706. The lowest BCUT2D eigenvalue weighted by Crippen LogP contribution is -2.21. The minimum absolute atomic E-state index is 0.130. The Morgan fingerprint density at radius 1 is 1.37 bits per heavy atom. The van der Waals surface area contributed by atoms with E-state index in [0.717, 1.165) is 12.8 Å². The Hall–Kier alpha value is -1.05. The van der Waals surface area contributed by atoms with Crippen molar-refractivity contribution in [3.63, 3.8) is 0 Å². The van der Waals surface area contributed by atoms with E-state index in [0.29, 0.717) is 11.8 Å². The van der Waals surface area contributed by atoms with Crippen molar-refractivity contribution in [1.29, 1.82) is 0 Å². The van der Waals surface area contributed by atoms with Gasteiger partial charge in [-0.1, -0.05) is 36.6 Å². The lowest BCUT2D eigenvalue weighted by Gasteiger charge is -2.35. The summed E-state index contributed by atoms with van der Waals surface area (Å²) in [7, 11) is 0. The SMILES string of the molecule is CC1=C(CC/C(C)=C/CCC(=O)[O-])C(C)(C)CCC1. The number of carbonyl (C=O) groups excluding carboxylic acids is 1. The molecule has 0 radical (unpaired) electrons. The van der Waals surface area contributed by atoms with Gasteiger partial charge in [0.05, 0.1) is 0 Å². The molecule has 0 saturated heterocycles. The third-order valence-corrected chi connectivity index (χ3v) is 4.30. The van der Waals surface area contributed by atoms with Gasteiger partial charge >= 0.3 is 0 Å². The summed E-state index contributed by atoms with van der Waals surface area (Å²) in [6, 6.07) is 0. The molecule has 0 atom stereocenters. The smallest absolute Gasteiger partial charge is 0.0417 e. The predicted molar refractivity (Wildman–Crippen MR) is 77.6 cm³/mol. The summed E-state index contributed by atoms with van der Waals surface area (Å²) < 4.78 is 0. The normalized spacial score (nSPS) is 19.7. The Bertz CT molecular complexity index is 386. The highest BCUT2D eigenvalue weighted by atomic mass is 16.4. The van der Waals surface area contributed by atoms with Gasteiger partial charge in [0, 0.05) is 5.97 Å². The quantitative estimate of drug-likeness (QED) is 0.684. The van der Waals surface area contributed by atoms with Crippen molar-refractivity contribution in [3.8, 4) is 0 Å². The zero-order valence-electron chi connectivity index (χ0n) is 12.8. The fourth-order valence-corrected chi connectivity index (χ4v) is 3.09. The van der Waals surface area contributed by atoms with Crippen LogP contribution < -0.4 is 5.11 Å². The molecule has 0 spiro atoms. The van der Waals surface area contributed by atoms with E-state index in [1.807, 2.05) is 6.08 Å². The van der Waals surface area contributed by atoms with Crippen LogP contribution >= 0.6 is 0 Å². The molecule has 1 rings (SSSR count). The van der Waals surface area contributed by atoms with E-state index in [1.54, 1.807) is 11.1 Å². The third-order valence-electron chi connectivity index (χ3n) is 4.30. The highest BCUT2D eigenvalue weighted by molar-refractivity contribution is 5.64. The molecule has 0 unspecified atom stereocenters. The van der Waals surface area contributed by atoms with Gasteiger partial charge in [0.15, 0.2) is 0 Å². The molecule has 0 fully saturated rings. The number of hydrogen-bond acceptors (Lipinski definition) is 2. The Kier molecular flexibility index (Phi) is 5.84. The van der Waals surface area contributed by atoms with Crippen LogP contribution in [-0.4, -0.2) is 5.97 Å². The summed E-state index contributed by atoms with van der Waals surface area (Å²) in [5.41, 5.74) is 4.82. The van der Waals surface area contributed by atoms with Gasteiger partial charge in [0.25, 0.3) is 0 Å². The topological polar surface area (TPSA) is 40.1 Å². The van der Waals surface area contributed by atoms with Crippen LogP contribution in [0.1, 0.15) is 72.6 Å². The molecule has 0 N–H and O–H groups in total. The predicted octanol–water partition coefficient (Wildman–Crippen LogP) is 3.77. The first-order valence-corrected chi connectivity index (χ1v) is 7.37. The maximum atomic E-state index is 10.4. The first-order chi connectivity index (χ1) is 8.83. The van der Waals surface area contributed by atoms with E-state index < -0.39 is 5.97 Å². The Labute approximate surface area is 117 Å². The van der Waals surface area contributed by atoms with Gasteiger partial charge in [-0.2, -0.15) is 0 Å². The third kappa shape index (κ3) is 5.22. The first kappa shape index (κ1) is 16.0. The number of carbonyl (C=O) groups is 1. The number of aliphatic carboxylic acids is 1. The maximum absolute atomic E-state index is 10.4. The molecule has 2 heteroatoms. The van der Waals surface area contributed by atoms with E-state index >= 15 is 0 Å². The summed E-state index contributed by atoms with van der Waals surface area (Å²) in [4.78, 5) is 10.4. The van der Waals surface area contributed by atoms with Crippen molar-refractivity contribution in [2.24, 2.45) is 5.41 Å². The van der Waals surface area contributed by atoms with E-state index in [-0.39, 0.29) is 6.42 Å². The van der Waals surface area contributed by atoms with Crippen molar-refractivity contribution in [1.82, 2.24) is 0 Å². The minimum atomic E-state index is -0.962. The zero-order chi connectivity index (χ0) is 14.5. The second-order valence-corrected chi connectivity index (χ2v) is 6.46. The summed E-state index contributed by atoms with van der Waals surface area (Å²) >= 11 is 0. The van der Waals surface area contributed by atoms with Gasteiger partial charge in [0.2, 0.25) is 0 Å². The first-order valence-electron chi connectivity index (χ1n) is 7.37. The Morgan fingerprint density at radius 2 is 2.05 bits per heavy atom. The van der Waals surface area contributed by atoms with Crippen LogP contribution in [0.15, 0.2) is 22.8 Å². The largest absolute Gasteiger partial charge is 0.550 e. The average Bonchev–Trinajstić information content (AvgIpc) is 2.26. The molecule has 0 amide bonds. The summed E-state index contributed by atoms with van der Waals surface area (Å²) in [5.74, 6) is -0.962. The fourth-order valence-electron chi connectivity index (χ4n) is 3.09. The molecule has 2 nitrogen and oxygen atoms in total. The molecule has 1 aliphatic carbocycles. The minimum Gasteiger partial charge on any atom is -0.550 e. The van der Waals surface area contributed by atoms with E-state index in [2.05, 4.69) is 27.7 Å². The van der Waals surface area contributed by atoms with Crippen LogP contribution in [0.5, 0.6) is 0 Å². The number of carboxylic acid groups (broad SMARTS) is 1. The molecule has 0 aromatic rings. The number of hydrogen-bond donors (Lipinski definition) is 0. The highest BCUT2D eigenvalue weighted by Gasteiger charge is 2.27. The van der Waals surface area contributed by atoms with Crippen LogP contribution in [-0.2, 0) is 4.79 Å². The van der Waals surface area contributed by atoms with Gasteiger partial charge in [-0.05, 0) is 64.2 Å². The van der Waals surface area contributed by atoms with Crippen molar-refractivity contribution in [2.75, 3.05) is 0 Å². The Balaban J connectivity index is 2.53. The molecule has 0 aromatic carbocycles. The Morgan fingerprint density at radius 3 is 2.63 bits per heavy atom. The summed E-state index contributed by atoms with van der Waals surface area (Å²) in [6.07, 6.45) is 8.76. The zero-order valence-corrected chi connectivity index (χ0v) is 12.8. The summed E-state index contributed by atoms with van der Waals surface area (Å²) in [5, 5.41) is 10.4. The van der Waals surface area contributed by atoms with Crippen LogP contribution in [0.3, 0.4) is 0 Å². The number of rotatable bonds is 6. The highest BCUT2D eigenvalue weighted by Crippen LogP contribution is 2.42. The average molecular weight is 263 g/mol. The number of allylic oxidation sites excluding steroid dienone is 4. The molecular formula is C17H27O2-. The lowest BCUT2D eigenvalue weighted by atomic mass is 9.71. The van der Waals surface area contributed by atoms with Crippen molar-refractivity contribution >= 4 is 5.97 Å². The maximum Gasteiger partial charge on any atom is 0.0417 e. The number of carboxylic acids is 1. The van der Waals surface area contributed by atoms with Crippen LogP contribution in [0.25, 0.3) is 0 Å². The van der Waals surface area contributed by atoms with Crippen LogP contribution in [0, 0.1) is 5.41 Å². The van der Waals surface area contributed by atoms with Gasteiger partial charge in [-0.25, -0.2) is 0 Å². The molecule has 0 heterocycles. The summed E-state index contributed by atoms with van der Waals surface area (Å²) in [6.45, 7) is 9.06. The van der Waals surface area contributed by atoms with Crippen LogP contribution in [0.4, 0.5) is 0 Å². The molecule has 1 aliphatic rings. The molecule has 0 saturated carbocycles. The van der Waals surface area contributed by atoms with Gasteiger partial charge < -0.3 is 9.90 Å². The van der Waals surface area contributed by atoms with Crippen molar-refractivity contribution in [3.05, 3.63) is 22.8 Å². The van der Waals surface area contributed by atoms with Gasteiger partial charge in [0.1, 0.15) is 0 Å². The second kappa shape index (κ2) is 6.93. The molecule has 0 aromatic heterocycles. The monoisotopic (exact) mass is 263 g/mol. The van der Waals surface area contributed by atoms with E-state index in [4.69, 9.17) is 0 Å². The van der Waals surface area contributed by atoms with Crippen LogP contribution in [0.2, 0.25) is 0 Å². The molecule has 108 valence electrons.